The van der Waals surface area contributed by atoms with Crippen molar-refractivity contribution in [3.8, 4) is 0 Å². The number of hydrogen-bond donors (Lipinski definition) is 5. The maximum atomic E-state index is 12.8. The van der Waals surface area contributed by atoms with Crippen molar-refractivity contribution in [2.24, 2.45) is 50.2 Å². The van der Waals surface area contributed by atoms with Crippen LogP contribution >= 0.6 is 0 Å². The van der Waals surface area contributed by atoms with Crippen molar-refractivity contribution in [2.45, 2.75) is 111 Å². The first-order valence-corrected chi connectivity index (χ1v) is 14.1. The van der Waals surface area contributed by atoms with Crippen LogP contribution in [-0.4, -0.2) is 56.4 Å². The Morgan fingerprint density at radius 1 is 0.944 bits per heavy atom. The second kappa shape index (κ2) is 7.80. The summed E-state index contributed by atoms with van der Waals surface area (Å²) in [6.45, 7) is 13.0. The van der Waals surface area contributed by atoms with E-state index in [4.69, 9.17) is 0 Å². The Kier molecular flexibility index (Phi) is 5.77. The van der Waals surface area contributed by atoms with Crippen molar-refractivity contribution in [1.82, 2.24) is 0 Å². The molecule has 0 aromatic rings. The van der Waals surface area contributed by atoms with Crippen molar-refractivity contribution >= 4 is 5.97 Å². The number of carboxylic acids is 1. The molecule has 5 rings (SSSR count). The van der Waals surface area contributed by atoms with E-state index in [9.17, 15) is 30.3 Å². The van der Waals surface area contributed by atoms with Crippen LogP contribution in [0.15, 0.2) is 11.6 Å². The van der Waals surface area contributed by atoms with E-state index in [0.29, 0.717) is 25.7 Å². The van der Waals surface area contributed by atoms with E-state index >= 15 is 0 Å². The van der Waals surface area contributed by atoms with E-state index < -0.39 is 35.1 Å². The lowest BCUT2D eigenvalue weighted by atomic mass is 9.33. The fourth-order valence-corrected chi connectivity index (χ4v) is 10.8. The van der Waals surface area contributed by atoms with Gasteiger partial charge in [0.1, 0.15) is 0 Å². The van der Waals surface area contributed by atoms with Gasteiger partial charge in [0.15, 0.2) is 0 Å². The quantitative estimate of drug-likeness (QED) is 0.361. The molecule has 0 spiro atoms. The number of hydrogen-bond acceptors (Lipinski definition) is 5. The Labute approximate surface area is 216 Å². The molecule has 4 saturated carbocycles. The summed E-state index contributed by atoms with van der Waals surface area (Å²) >= 11 is 0. The van der Waals surface area contributed by atoms with Gasteiger partial charge in [-0.15, -0.1) is 0 Å². The minimum Gasteiger partial charge on any atom is -0.481 e. The average Bonchev–Trinajstić information content (AvgIpc) is 2.79. The fraction of sp³-hybridized carbons (Fsp3) is 0.900. The van der Waals surface area contributed by atoms with Crippen LogP contribution in [0.4, 0.5) is 0 Å². The van der Waals surface area contributed by atoms with Crippen LogP contribution in [-0.2, 0) is 4.79 Å². The second-order valence-electron chi connectivity index (χ2n) is 15.1. The lowest BCUT2D eigenvalue weighted by molar-refractivity contribution is -0.244. The first kappa shape index (κ1) is 26.6. The molecule has 36 heavy (non-hydrogen) atoms. The zero-order valence-corrected chi connectivity index (χ0v) is 23.0. The van der Waals surface area contributed by atoms with Crippen LogP contribution in [0.3, 0.4) is 0 Å². The van der Waals surface area contributed by atoms with Gasteiger partial charge in [-0.2, -0.15) is 0 Å². The highest BCUT2D eigenvalue weighted by molar-refractivity contribution is 5.77. The smallest absolute Gasteiger partial charge is 0.310 e. The van der Waals surface area contributed by atoms with E-state index in [1.165, 1.54) is 5.57 Å². The normalized spacial score (nSPS) is 55.9. The van der Waals surface area contributed by atoms with Gasteiger partial charge in [0.05, 0.1) is 30.3 Å². The molecule has 5 aliphatic carbocycles. The second-order valence-corrected chi connectivity index (χ2v) is 15.1. The van der Waals surface area contributed by atoms with Crippen molar-refractivity contribution in [3.63, 3.8) is 0 Å². The van der Waals surface area contributed by atoms with Gasteiger partial charge in [0.25, 0.3) is 0 Å². The minimum absolute atomic E-state index is 0.0778. The van der Waals surface area contributed by atoms with Crippen LogP contribution < -0.4 is 0 Å². The molecule has 0 amide bonds. The number of allylic oxidation sites excluding steroid dienone is 2. The lowest BCUT2D eigenvalue weighted by Gasteiger charge is -2.71. The largest absolute Gasteiger partial charge is 0.481 e. The molecule has 0 unspecified atom stereocenters. The third kappa shape index (κ3) is 3.02. The van der Waals surface area contributed by atoms with Gasteiger partial charge in [-0.05, 0) is 90.8 Å². The van der Waals surface area contributed by atoms with E-state index in [-0.39, 0.29) is 46.0 Å². The Bertz CT molecular complexity index is 974. The van der Waals surface area contributed by atoms with Gasteiger partial charge in [-0.25, -0.2) is 0 Å². The number of aliphatic hydroxyl groups is 4. The molecular weight excluding hydrogens is 456 g/mol. The number of fused-ring (bicyclic) bond motifs is 7. The van der Waals surface area contributed by atoms with E-state index in [1.54, 1.807) is 0 Å². The molecule has 0 radical (unpaired) electrons. The molecule has 0 aliphatic heterocycles. The number of aliphatic carboxylic acids is 1. The maximum absolute atomic E-state index is 12.8. The molecule has 5 N–H and O–H groups in total. The number of aliphatic hydroxyl groups excluding tert-OH is 4. The molecule has 6 heteroatoms. The van der Waals surface area contributed by atoms with Crippen LogP contribution in [0.1, 0.15) is 92.9 Å². The number of carboxylic acid groups (broad SMARTS) is 1. The molecule has 11 atom stereocenters. The molecular formula is C30H48O6. The summed E-state index contributed by atoms with van der Waals surface area (Å²) < 4.78 is 0. The summed E-state index contributed by atoms with van der Waals surface area (Å²) in [4.78, 5) is 12.8. The first-order chi connectivity index (χ1) is 16.5. The molecule has 0 aromatic carbocycles. The zero-order valence-electron chi connectivity index (χ0n) is 23.0. The van der Waals surface area contributed by atoms with Gasteiger partial charge in [-0.3, -0.25) is 4.79 Å². The summed E-state index contributed by atoms with van der Waals surface area (Å²) in [5, 5.41) is 53.8. The highest BCUT2D eigenvalue weighted by Gasteiger charge is 2.71. The average molecular weight is 505 g/mol. The lowest BCUT2D eigenvalue weighted by Crippen LogP contribution is -2.68. The minimum atomic E-state index is -0.933. The van der Waals surface area contributed by atoms with Crippen molar-refractivity contribution in [2.75, 3.05) is 6.61 Å². The van der Waals surface area contributed by atoms with Crippen LogP contribution in [0.25, 0.3) is 0 Å². The molecule has 0 heterocycles. The Hall–Kier alpha value is -0.950. The first-order valence-electron chi connectivity index (χ1n) is 14.1. The Balaban J connectivity index is 1.61. The van der Waals surface area contributed by atoms with Gasteiger partial charge >= 0.3 is 5.97 Å². The topological polar surface area (TPSA) is 118 Å². The van der Waals surface area contributed by atoms with E-state index in [0.717, 1.165) is 25.7 Å². The van der Waals surface area contributed by atoms with E-state index in [1.807, 2.05) is 6.92 Å². The van der Waals surface area contributed by atoms with Crippen molar-refractivity contribution < 1.29 is 30.3 Å². The summed E-state index contributed by atoms with van der Waals surface area (Å²) in [7, 11) is 0. The predicted octanol–water partition coefficient (Wildman–Crippen LogP) is 4.15. The maximum Gasteiger partial charge on any atom is 0.310 e. The molecule has 0 bridgehead atoms. The molecule has 0 aromatic heterocycles. The summed E-state index contributed by atoms with van der Waals surface area (Å²) in [5.74, 6) is -0.478. The van der Waals surface area contributed by atoms with Crippen LogP contribution in [0.5, 0.6) is 0 Å². The number of carbonyl (C=O) groups is 1. The van der Waals surface area contributed by atoms with Crippen molar-refractivity contribution in [3.05, 3.63) is 11.6 Å². The fourth-order valence-electron chi connectivity index (χ4n) is 10.8. The van der Waals surface area contributed by atoms with Crippen molar-refractivity contribution in [1.29, 1.82) is 0 Å². The predicted molar refractivity (Wildman–Crippen MR) is 137 cm³/mol. The third-order valence-electron chi connectivity index (χ3n) is 13.3. The molecule has 5 aliphatic rings. The van der Waals surface area contributed by atoms with Gasteiger partial charge in [-0.1, -0.05) is 53.2 Å². The summed E-state index contributed by atoms with van der Waals surface area (Å²) in [6, 6.07) is 0. The van der Waals surface area contributed by atoms with Crippen LogP contribution in [0.2, 0.25) is 0 Å². The van der Waals surface area contributed by atoms with Gasteiger partial charge in [0, 0.05) is 5.41 Å². The number of rotatable bonds is 2. The van der Waals surface area contributed by atoms with E-state index in [2.05, 4.69) is 40.7 Å². The summed E-state index contributed by atoms with van der Waals surface area (Å²) in [6.07, 6.45) is 5.47. The SMILES string of the molecule is CC1(C)C[C@@H]2C3=CC[C@@H]4[C@]5(C)C[C@@H](O)[C@@H](O)[C@@](C)(CO)[C@H]5CC[C@@]4(C)[C@]3(C)CC[C@@]2(C(=O)O)C[C@@H]1O. The highest BCUT2D eigenvalue weighted by atomic mass is 16.4. The standard InChI is InChI=1S/C30H48O6/c1-25(2)13-18-17-7-8-21-26(3)14-19(32)23(34)27(4,16-31)20(26)9-10-29(21,6)28(17,5)11-12-30(18,24(35)36)15-22(25)33/h7,18-23,31-34H,8-16H2,1-6H3,(H,35,36)/t18-,19-,20+,21-,22+,23-,26-,27+,28-,29-,30-/m1/s1. The summed E-state index contributed by atoms with van der Waals surface area (Å²) in [5.41, 5.74) is -1.18. The Morgan fingerprint density at radius 2 is 1.61 bits per heavy atom. The molecule has 6 nitrogen and oxygen atoms in total. The third-order valence-corrected chi connectivity index (χ3v) is 13.3. The van der Waals surface area contributed by atoms with Gasteiger partial charge < -0.3 is 25.5 Å². The Morgan fingerprint density at radius 3 is 2.22 bits per heavy atom. The molecule has 0 saturated heterocycles. The molecule has 4 fully saturated rings. The molecule has 204 valence electrons. The zero-order chi connectivity index (χ0) is 26.7. The highest BCUT2D eigenvalue weighted by Crippen LogP contribution is 2.75. The van der Waals surface area contributed by atoms with Gasteiger partial charge in [0.2, 0.25) is 0 Å². The van der Waals surface area contributed by atoms with Crippen LogP contribution in [0, 0.1) is 50.2 Å². The monoisotopic (exact) mass is 504 g/mol.